The molecule has 2 aromatic carbocycles. The molecule has 0 aliphatic heterocycles. The maximum atomic E-state index is 9.05. The van der Waals surface area contributed by atoms with Crippen molar-refractivity contribution in [2.75, 3.05) is 0 Å². The highest BCUT2D eigenvalue weighted by Crippen LogP contribution is 2.26. The molecule has 0 aliphatic carbocycles. The molecule has 0 saturated carbocycles. The van der Waals surface area contributed by atoms with Gasteiger partial charge >= 0.3 is 0 Å². The molecule has 19 heavy (non-hydrogen) atoms. The summed E-state index contributed by atoms with van der Waals surface area (Å²) in [6.07, 6.45) is 0. The van der Waals surface area contributed by atoms with E-state index >= 15 is 0 Å². The lowest BCUT2D eigenvalue weighted by atomic mass is 10.0. The zero-order chi connectivity index (χ0) is 13.8. The van der Waals surface area contributed by atoms with Gasteiger partial charge < -0.3 is 4.74 Å². The third-order valence-electron chi connectivity index (χ3n) is 2.88. The molecule has 0 bridgehead atoms. The van der Waals surface area contributed by atoms with Crippen molar-refractivity contribution in [3.63, 3.8) is 0 Å². The van der Waals surface area contributed by atoms with Gasteiger partial charge in [0.1, 0.15) is 11.5 Å². The fraction of sp³-hybridized carbons (Fsp3) is 0.125. The van der Waals surface area contributed by atoms with Crippen molar-refractivity contribution < 1.29 is 4.74 Å². The second-order valence-corrected chi connectivity index (χ2v) is 4.28. The summed E-state index contributed by atoms with van der Waals surface area (Å²) >= 11 is 0. The van der Waals surface area contributed by atoms with Crippen LogP contribution in [0.4, 0.5) is 0 Å². The lowest BCUT2D eigenvalue weighted by Crippen LogP contribution is -1.92. The Balaban J connectivity index is 2.39. The largest absolute Gasteiger partial charge is 0.457 e. The van der Waals surface area contributed by atoms with Crippen LogP contribution in [0.5, 0.6) is 11.5 Å². The summed E-state index contributed by atoms with van der Waals surface area (Å²) in [6, 6.07) is 15.0. The molecule has 0 aromatic heterocycles. The van der Waals surface area contributed by atoms with E-state index in [1.807, 2.05) is 31.2 Å². The van der Waals surface area contributed by atoms with Crippen LogP contribution in [0.1, 0.15) is 22.3 Å². The molecule has 92 valence electrons. The van der Waals surface area contributed by atoms with Gasteiger partial charge in [-0.1, -0.05) is 17.7 Å². The van der Waals surface area contributed by atoms with E-state index in [4.69, 9.17) is 15.3 Å². The third-order valence-corrected chi connectivity index (χ3v) is 2.88. The molecule has 0 N–H and O–H groups in total. The fourth-order valence-corrected chi connectivity index (χ4v) is 1.72. The Morgan fingerprint density at radius 2 is 1.37 bits per heavy atom. The van der Waals surface area contributed by atoms with Gasteiger partial charge in [0.05, 0.1) is 23.3 Å². The van der Waals surface area contributed by atoms with Crippen LogP contribution in [-0.2, 0) is 0 Å². The van der Waals surface area contributed by atoms with E-state index in [2.05, 4.69) is 12.1 Å². The summed E-state index contributed by atoms with van der Waals surface area (Å²) in [5.74, 6) is 1.18. The molecule has 0 amide bonds. The van der Waals surface area contributed by atoms with Crippen LogP contribution in [0.3, 0.4) is 0 Å². The summed E-state index contributed by atoms with van der Waals surface area (Å²) in [7, 11) is 0. The number of nitrogens with zero attached hydrogens (tertiary/aromatic N) is 2. The quantitative estimate of drug-likeness (QED) is 0.811. The van der Waals surface area contributed by atoms with Crippen molar-refractivity contribution >= 4 is 0 Å². The molecule has 3 heteroatoms. The van der Waals surface area contributed by atoms with Gasteiger partial charge in [-0.2, -0.15) is 10.5 Å². The molecule has 3 nitrogen and oxygen atoms in total. The van der Waals surface area contributed by atoms with Crippen LogP contribution in [-0.4, -0.2) is 0 Å². The topological polar surface area (TPSA) is 56.8 Å². The Kier molecular flexibility index (Phi) is 3.50. The first-order chi connectivity index (χ1) is 9.13. The monoisotopic (exact) mass is 248 g/mol. The second kappa shape index (κ2) is 5.25. The lowest BCUT2D eigenvalue weighted by molar-refractivity contribution is 0.482. The number of hydrogen-bond donors (Lipinski definition) is 0. The highest BCUT2D eigenvalue weighted by molar-refractivity contribution is 5.53. The number of rotatable bonds is 2. The highest BCUT2D eigenvalue weighted by atomic mass is 16.5. The normalized spacial score (nSPS) is 9.47. The first kappa shape index (κ1) is 12.7. The van der Waals surface area contributed by atoms with E-state index < -0.39 is 0 Å². The van der Waals surface area contributed by atoms with E-state index in [0.717, 1.165) is 5.56 Å². The maximum absolute atomic E-state index is 9.05. The minimum atomic E-state index is 0.459. The van der Waals surface area contributed by atoms with E-state index in [-0.39, 0.29) is 0 Å². The lowest BCUT2D eigenvalue weighted by Gasteiger charge is -2.08. The molecular weight excluding hydrogens is 236 g/mol. The van der Waals surface area contributed by atoms with Crippen LogP contribution < -0.4 is 4.74 Å². The molecule has 0 radical (unpaired) electrons. The molecule has 0 saturated heterocycles. The van der Waals surface area contributed by atoms with Crippen molar-refractivity contribution in [1.29, 1.82) is 10.5 Å². The molecule has 0 fully saturated rings. The standard InChI is InChI=1S/C16H12N2O/c1-11-3-5-15(6-4-11)19-16-7-13(9-17)12(2)14(8-16)10-18/h3-8H,1-2H3. The Labute approximate surface area is 112 Å². The summed E-state index contributed by atoms with van der Waals surface area (Å²) in [4.78, 5) is 0. The molecule has 0 heterocycles. The van der Waals surface area contributed by atoms with Gasteiger partial charge in [-0.3, -0.25) is 0 Å². The van der Waals surface area contributed by atoms with E-state index in [1.54, 1.807) is 19.1 Å². The van der Waals surface area contributed by atoms with Crippen LogP contribution in [0.2, 0.25) is 0 Å². The Morgan fingerprint density at radius 1 is 0.842 bits per heavy atom. The molecular formula is C16H12N2O. The average molecular weight is 248 g/mol. The van der Waals surface area contributed by atoms with Gasteiger partial charge in [-0.05, 0) is 43.7 Å². The third kappa shape index (κ3) is 2.73. The Hall–Kier alpha value is -2.78. The van der Waals surface area contributed by atoms with Gasteiger partial charge in [0, 0.05) is 0 Å². The summed E-state index contributed by atoms with van der Waals surface area (Å²) in [5.41, 5.74) is 2.75. The molecule has 0 atom stereocenters. The van der Waals surface area contributed by atoms with Crippen molar-refractivity contribution in [3.05, 3.63) is 58.7 Å². The van der Waals surface area contributed by atoms with E-state index in [0.29, 0.717) is 28.2 Å². The van der Waals surface area contributed by atoms with Crippen molar-refractivity contribution in [3.8, 4) is 23.6 Å². The smallest absolute Gasteiger partial charge is 0.130 e. The van der Waals surface area contributed by atoms with E-state index in [9.17, 15) is 0 Å². The predicted octanol–water partition coefficient (Wildman–Crippen LogP) is 3.84. The van der Waals surface area contributed by atoms with Crippen LogP contribution in [0, 0.1) is 36.5 Å². The minimum absolute atomic E-state index is 0.459. The highest BCUT2D eigenvalue weighted by Gasteiger charge is 2.08. The Morgan fingerprint density at radius 3 is 1.84 bits per heavy atom. The molecule has 2 rings (SSSR count). The van der Waals surface area contributed by atoms with Crippen LogP contribution in [0.25, 0.3) is 0 Å². The van der Waals surface area contributed by atoms with E-state index in [1.165, 1.54) is 0 Å². The molecule has 2 aromatic rings. The van der Waals surface area contributed by atoms with Gasteiger partial charge in [0.25, 0.3) is 0 Å². The van der Waals surface area contributed by atoms with Crippen molar-refractivity contribution in [2.24, 2.45) is 0 Å². The van der Waals surface area contributed by atoms with Crippen LogP contribution in [0.15, 0.2) is 36.4 Å². The number of ether oxygens (including phenoxy) is 1. The number of nitriles is 2. The number of hydrogen-bond acceptors (Lipinski definition) is 3. The fourth-order valence-electron chi connectivity index (χ4n) is 1.72. The summed E-state index contributed by atoms with van der Waals surface area (Å²) in [6.45, 7) is 3.75. The zero-order valence-electron chi connectivity index (χ0n) is 10.8. The van der Waals surface area contributed by atoms with Crippen molar-refractivity contribution in [1.82, 2.24) is 0 Å². The van der Waals surface area contributed by atoms with Gasteiger partial charge in [0.2, 0.25) is 0 Å². The minimum Gasteiger partial charge on any atom is -0.457 e. The van der Waals surface area contributed by atoms with Crippen LogP contribution >= 0.6 is 0 Å². The number of benzene rings is 2. The second-order valence-electron chi connectivity index (χ2n) is 4.28. The van der Waals surface area contributed by atoms with Gasteiger partial charge in [0.15, 0.2) is 0 Å². The first-order valence-corrected chi connectivity index (χ1v) is 5.83. The van der Waals surface area contributed by atoms with Crippen molar-refractivity contribution in [2.45, 2.75) is 13.8 Å². The Bertz CT molecular complexity index is 653. The maximum Gasteiger partial charge on any atom is 0.130 e. The average Bonchev–Trinajstić information content (AvgIpc) is 2.43. The molecule has 0 aliphatic rings. The SMILES string of the molecule is Cc1ccc(Oc2cc(C#N)c(C)c(C#N)c2)cc1. The predicted molar refractivity (Wildman–Crippen MR) is 71.9 cm³/mol. The molecule has 0 spiro atoms. The molecule has 0 unspecified atom stereocenters. The number of aryl methyl sites for hydroxylation is 1. The summed E-state index contributed by atoms with van der Waals surface area (Å²) in [5, 5.41) is 18.1. The zero-order valence-corrected chi connectivity index (χ0v) is 10.8. The van der Waals surface area contributed by atoms with Gasteiger partial charge in [-0.15, -0.1) is 0 Å². The summed E-state index contributed by atoms with van der Waals surface area (Å²) < 4.78 is 5.67. The van der Waals surface area contributed by atoms with Gasteiger partial charge in [-0.25, -0.2) is 0 Å². The first-order valence-electron chi connectivity index (χ1n) is 5.83.